The molecule has 7 nitrogen and oxygen atoms in total. The first-order valence-corrected chi connectivity index (χ1v) is 11.0. The van der Waals surface area contributed by atoms with Gasteiger partial charge in [0.2, 0.25) is 0 Å². The summed E-state index contributed by atoms with van der Waals surface area (Å²) < 4.78 is 5.59. The fraction of sp³-hybridized carbons (Fsp3) is 0.727. The SMILES string of the molecule is CCNC(=NCC1(N(C)C)CCOCC1)NC1CCN(Cc2ccccn2)CC1.I. The van der Waals surface area contributed by atoms with Crippen molar-refractivity contribution in [2.45, 2.75) is 50.7 Å². The predicted octanol–water partition coefficient (Wildman–Crippen LogP) is 2.33. The highest BCUT2D eigenvalue weighted by Crippen LogP contribution is 2.26. The first-order chi connectivity index (χ1) is 14.1. The average molecular weight is 530 g/mol. The van der Waals surface area contributed by atoms with Crippen LogP contribution in [0.15, 0.2) is 29.4 Å². The molecule has 2 aliphatic heterocycles. The number of halogens is 1. The van der Waals surface area contributed by atoms with Crippen LogP contribution in [0, 0.1) is 0 Å². The summed E-state index contributed by atoms with van der Waals surface area (Å²) in [5, 5.41) is 7.13. The fourth-order valence-electron chi connectivity index (χ4n) is 4.19. The Morgan fingerprint density at radius 3 is 2.60 bits per heavy atom. The lowest BCUT2D eigenvalue weighted by atomic mass is 9.89. The number of ether oxygens (including phenoxy) is 1. The van der Waals surface area contributed by atoms with Gasteiger partial charge in [0, 0.05) is 57.2 Å². The van der Waals surface area contributed by atoms with Gasteiger partial charge in [0.15, 0.2) is 5.96 Å². The van der Waals surface area contributed by atoms with Crippen LogP contribution in [0.4, 0.5) is 0 Å². The normalized spacial score (nSPS) is 20.6. The summed E-state index contributed by atoms with van der Waals surface area (Å²) in [7, 11) is 4.33. The second kappa shape index (κ2) is 12.8. The van der Waals surface area contributed by atoms with Crippen LogP contribution < -0.4 is 10.6 Å². The van der Waals surface area contributed by atoms with E-state index in [1.807, 2.05) is 12.3 Å². The molecule has 2 aliphatic rings. The van der Waals surface area contributed by atoms with Crippen molar-refractivity contribution in [1.29, 1.82) is 0 Å². The van der Waals surface area contributed by atoms with Crippen LogP contribution in [-0.2, 0) is 11.3 Å². The number of hydrogen-bond donors (Lipinski definition) is 2. The molecule has 2 N–H and O–H groups in total. The molecule has 0 aromatic carbocycles. The smallest absolute Gasteiger partial charge is 0.191 e. The number of nitrogens with one attached hydrogen (secondary N) is 2. The molecule has 2 fully saturated rings. The summed E-state index contributed by atoms with van der Waals surface area (Å²) in [5.41, 5.74) is 1.26. The molecule has 0 radical (unpaired) electrons. The van der Waals surface area contributed by atoms with E-state index in [1.165, 1.54) is 0 Å². The molecule has 1 aromatic rings. The van der Waals surface area contributed by atoms with E-state index in [0.29, 0.717) is 6.04 Å². The third-order valence-electron chi connectivity index (χ3n) is 6.29. The molecule has 8 heteroatoms. The molecule has 3 rings (SSSR count). The molecule has 0 atom stereocenters. The van der Waals surface area contributed by atoms with Crippen LogP contribution in [0.25, 0.3) is 0 Å². The molecule has 2 saturated heterocycles. The van der Waals surface area contributed by atoms with Crippen molar-refractivity contribution < 1.29 is 4.74 Å². The Morgan fingerprint density at radius 1 is 1.27 bits per heavy atom. The molecular formula is C22H39IN6O. The van der Waals surface area contributed by atoms with E-state index in [0.717, 1.165) is 83.3 Å². The number of hydrogen-bond acceptors (Lipinski definition) is 5. The van der Waals surface area contributed by atoms with Crippen molar-refractivity contribution in [3.8, 4) is 0 Å². The fourth-order valence-corrected chi connectivity index (χ4v) is 4.19. The molecule has 0 unspecified atom stereocenters. The average Bonchev–Trinajstić information content (AvgIpc) is 2.75. The van der Waals surface area contributed by atoms with E-state index in [-0.39, 0.29) is 29.5 Å². The van der Waals surface area contributed by atoms with Gasteiger partial charge in [-0.05, 0) is 58.8 Å². The highest BCUT2D eigenvalue weighted by atomic mass is 127. The van der Waals surface area contributed by atoms with Crippen molar-refractivity contribution in [3.05, 3.63) is 30.1 Å². The number of aliphatic imine (C=N–C) groups is 1. The molecule has 0 saturated carbocycles. The van der Waals surface area contributed by atoms with Crippen molar-refractivity contribution in [3.63, 3.8) is 0 Å². The van der Waals surface area contributed by atoms with E-state index < -0.39 is 0 Å². The van der Waals surface area contributed by atoms with Crippen molar-refractivity contribution in [2.24, 2.45) is 4.99 Å². The maximum Gasteiger partial charge on any atom is 0.191 e. The van der Waals surface area contributed by atoms with Crippen molar-refractivity contribution in [1.82, 2.24) is 25.4 Å². The first kappa shape index (κ1) is 25.3. The van der Waals surface area contributed by atoms with Crippen LogP contribution in [0.3, 0.4) is 0 Å². The third-order valence-corrected chi connectivity index (χ3v) is 6.29. The topological polar surface area (TPSA) is 65.0 Å². The number of guanidine groups is 1. The monoisotopic (exact) mass is 530 g/mol. The summed E-state index contributed by atoms with van der Waals surface area (Å²) >= 11 is 0. The lowest BCUT2D eigenvalue weighted by Gasteiger charge is -2.42. The summed E-state index contributed by atoms with van der Waals surface area (Å²) in [6, 6.07) is 6.62. The third kappa shape index (κ3) is 7.32. The molecule has 170 valence electrons. The van der Waals surface area contributed by atoms with Gasteiger partial charge in [-0.3, -0.25) is 14.9 Å². The van der Waals surface area contributed by atoms with Gasteiger partial charge < -0.3 is 20.3 Å². The second-order valence-electron chi connectivity index (χ2n) is 8.44. The quantitative estimate of drug-likeness (QED) is 0.321. The number of aromatic nitrogens is 1. The minimum absolute atomic E-state index is 0. The molecule has 0 bridgehead atoms. The van der Waals surface area contributed by atoms with Gasteiger partial charge in [-0.25, -0.2) is 0 Å². The highest BCUT2D eigenvalue weighted by molar-refractivity contribution is 14.0. The number of pyridine rings is 1. The zero-order chi connectivity index (χ0) is 20.5. The van der Waals surface area contributed by atoms with Gasteiger partial charge in [0.25, 0.3) is 0 Å². The Balaban J connectivity index is 0.00000320. The van der Waals surface area contributed by atoms with Crippen LogP contribution in [-0.4, -0.2) is 85.8 Å². The number of piperidine rings is 1. The van der Waals surface area contributed by atoms with Gasteiger partial charge in [-0.1, -0.05) is 6.07 Å². The van der Waals surface area contributed by atoms with E-state index in [4.69, 9.17) is 9.73 Å². The Bertz CT molecular complexity index is 628. The first-order valence-electron chi connectivity index (χ1n) is 11.0. The Hall–Kier alpha value is -0.970. The van der Waals surface area contributed by atoms with E-state index in [9.17, 15) is 0 Å². The van der Waals surface area contributed by atoms with Crippen LogP contribution >= 0.6 is 24.0 Å². The second-order valence-corrected chi connectivity index (χ2v) is 8.44. The number of nitrogens with zero attached hydrogens (tertiary/aromatic N) is 4. The van der Waals surface area contributed by atoms with Gasteiger partial charge in [-0.2, -0.15) is 0 Å². The van der Waals surface area contributed by atoms with Gasteiger partial charge >= 0.3 is 0 Å². The van der Waals surface area contributed by atoms with Gasteiger partial charge in [0.1, 0.15) is 0 Å². The predicted molar refractivity (Wildman–Crippen MR) is 134 cm³/mol. The summed E-state index contributed by atoms with van der Waals surface area (Å²) in [5.74, 6) is 0.948. The standard InChI is InChI=1S/C22H38N6O.HI/c1-4-23-21(25-18-22(27(2)3)10-15-29-16-11-22)26-19-8-13-28(14-9-19)17-20-7-5-6-12-24-20;/h5-7,12,19H,4,8-11,13-18H2,1-3H3,(H2,23,25,26);1H. The van der Waals surface area contributed by atoms with Crippen LogP contribution in [0.5, 0.6) is 0 Å². The Morgan fingerprint density at radius 2 is 2.00 bits per heavy atom. The summed E-state index contributed by atoms with van der Waals surface area (Å²) in [6.07, 6.45) is 6.21. The summed E-state index contributed by atoms with van der Waals surface area (Å²) in [6.45, 7) is 8.58. The van der Waals surface area contributed by atoms with Gasteiger partial charge in [-0.15, -0.1) is 24.0 Å². The van der Waals surface area contributed by atoms with Crippen molar-refractivity contribution in [2.75, 3.05) is 53.5 Å². The van der Waals surface area contributed by atoms with Crippen LogP contribution in [0.1, 0.15) is 38.3 Å². The molecular weight excluding hydrogens is 491 g/mol. The Labute approximate surface area is 199 Å². The Kier molecular flexibility index (Phi) is 10.8. The molecule has 0 spiro atoms. The lowest BCUT2D eigenvalue weighted by molar-refractivity contribution is -0.00256. The van der Waals surface area contributed by atoms with E-state index >= 15 is 0 Å². The maximum absolute atomic E-state index is 5.59. The molecule has 0 aliphatic carbocycles. The largest absolute Gasteiger partial charge is 0.381 e. The summed E-state index contributed by atoms with van der Waals surface area (Å²) in [4.78, 5) is 14.3. The zero-order valence-corrected chi connectivity index (χ0v) is 21.1. The maximum atomic E-state index is 5.59. The minimum atomic E-state index is 0. The zero-order valence-electron chi connectivity index (χ0n) is 18.8. The molecule has 1 aromatic heterocycles. The van der Waals surface area contributed by atoms with Crippen LogP contribution in [0.2, 0.25) is 0 Å². The number of likely N-dealkylation sites (tertiary alicyclic amines) is 1. The number of likely N-dealkylation sites (N-methyl/N-ethyl adjacent to an activating group) is 1. The minimum Gasteiger partial charge on any atom is -0.381 e. The van der Waals surface area contributed by atoms with Crippen molar-refractivity contribution >= 4 is 29.9 Å². The lowest BCUT2D eigenvalue weighted by Crippen LogP contribution is -2.53. The molecule has 3 heterocycles. The molecule has 30 heavy (non-hydrogen) atoms. The van der Waals surface area contributed by atoms with E-state index in [2.05, 4.69) is 58.6 Å². The number of rotatable bonds is 7. The highest BCUT2D eigenvalue weighted by Gasteiger charge is 2.34. The molecule has 0 amide bonds. The van der Waals surface area contributed by atoms with E-state index in [1.54, 1.807) is 0 Å². The van der Waals surface area contributed by atoms with Gasteiger partial charge in [0.05, 0.1) is 12.2 Å².